The van der Waals surface area contributed by atoms with Crippen LogP contribution in [0.1, 0.15) is 0 Å². The lowest BCUT2D eigenvalue weighted by atomic mass is 10.3. The minimum Gasteiger partial charge on any atom is -0.508 e. The number of phenolic OH excluding ortho intramolecular Hbond substituents is 1. The SMILES string of the molecule is Oc1cc(Br)cc(Oc2cc(Br)cc(Br)c2)c1. The van der Waals surface area contributed by atoms with Gasteiger partial charge >= 0.3 is 0 Å². The molecular formula is C12H7Br3O2. The fourth-order valence-electron chi connectivity index (χ4n) is 1.33. The number of ether oxygens (including phenoxy) is 1. The van der Waals surface area contributed by atoms with Gasteiger partial charge in [-0.3, -0.25) is 0 Å². The van der Waals surface area contributed by atoms with Crippen LogP contribution in [0.15, 0.2) is 49.8 Å². The largest absolute Gasteiger partial charge is 0.508 e. The minimum absolute atomic E-state index is 0.156. The topological polar surface area (TPSA) is 29.5 Å². The Kier molecular flexibility index (Phi) is 4.12. The minimum atomic E-state index is 0.156. The Balaban J connectivity index is 2.31. The lowest BCUT2D eigenvalue weighted by Gasteiger charge is -2.07. The molecule has 0 saturated carbocycles. The zero-order chi connectivity index (χ0) is 12.4. The van der Waals surface area contributed by atoms with Crippen molar-refractivity contribution in [3.63, 3.8) is 0 Å². The lowest BCUT2D eigenvalue weighted by molar-refractivity contribution is 0.454. The van der Waals surface area contributed by atoms with E-state index >= 15 is 0 Å². The third-order valence-corrected chi connectivity index (χ3v) is 3.30. The molecule has 5 heteroatoms. The van der Waals surface area contributed by atoms with E-state index in [-0.39, 0.29) is 5.75 Å². The highest BCUT2D eigenvalue weighted by Gasteiger charge is 2.03. The van der Waals surface area contributed by atoms with Gasteiger partial charge in [0.15, 0.2) is 0 Å². The molecule has 2 rings (SSSR count). The molecule has 0 amide bonds. The first-order valence-electron chi connectivity index (χ1n) is 4.66. The van der Waals surface area contributed by atoms with Crippen molar-refractivity contribution >= 4 is 47.8 Å². The van der Waals surface area contributed by atoms with Gasteiger partial charge in [0.1, 0.15) is 17.2 Å². The number of phenols is 1. The molecule has 0 aromatic heterocycles. The van der Waals surface area contributed by atoms with Crippen LogP contribution in [0.2, 0.25) is 0 Å². The van der Waals surface area contributed by atoms with Crippen molar-refractivity contribution in [3.8, 4) is 17.2 Å². The molecule has 2 aromatic rings. The predicted octanol–water partition coefficient (Wildman–Crippen LogP) is 5.47. The highest BCUT2D eigenvalue weighted by atomic mass is 79.9. The third-order valence-electron chi connectivity index (χ3n) is 1.93. The van der Waals surface area contributed by atoms with E-state index in [9.17, 15) is 5.11 Å². The van der Waals surface area contributed by atoms with Crippen LogP contribution in [0.5, 0.6) is 17.2 Å². The first-order valence-corrected chi connectivity index (χ1v) is 7.04. The van der Waals surface area contributed by atoms with Gasteiger partial charge in [-0.25, -0.2) is 0 Å². The summed E-state index contributed by atoms with van der Waals surface area (Å²) in [6.07, 6.45) is 0. The molecule has 0 heterocycles. The fraction of sp³-hybridized carbons (Fsp3) is 0. The molecule has 0 aliphatic heterocycles. The molecule has 1 N–H and O–H groups in total. The Hall–Kier alpha value is -0.520. The van der Waals surface area contributed by atoms with E-state index in [0.717, 1.165) is 13.4 Å². The van der Waals surface area contributed by atoms with Crippen LogP contribution in [0.3, 0.4) is 0 Å². The van der Waals surface area contributed by atoms with Gasteiger partial charge in [0.25, 0.3) is 0 Å². The molecule has 88 valence electrons. The van der Waals surface area contributed by atoms with Crippen LogP contribution in [-0.2, 0) is 0 Å². The Morgan fingerprint density at radius 2 is 1.18 bits per heavy atom. The summed E-state index contributed by atoms with van der Waals surface area (Å²) >= 11 is 10.1. The highest BCUT2D eigenvalue weighted by Crippen LogP contribution is 2.32. The van der Waals surface area contributed by atoms with Gasteiger partial charge < -0.3 is 9.84 Å². The lowest BCUT2D eigenvalue weighted by Crippen LogP contribution is -1.84. The van der Waals surface area contributed by atoms with Gasteiger partial charge in [-0.15, -0.1) is 0 Å². The van der Waals surface area contributed by atoms with Gasteiger partial charge in [-0.2, -0.15) is 0 Å². The Bertz CT molecular complexity index is 465. The highest BCUT2D eigenvalue weighted by molar-refractivity contribution is 9.11. The molecule has 17 heavy (non-hydrogen) atoms. The standard InChI is InChI=1S/C12H7Br3O2/c13-7-1-8(14)4-11(3-7)17-12-5-9(15)2-10(16)6-12/h1-6,16H. The summed E-state index contributed by atoms with van der Waals surface area (Å²) in [5.41, 5.74) is 0. The maximum atomic E-state index is 9.45. The van der Waals surface area contributed by atoms with E-state index in [4.69, 9.17) is 4.74 Å². The van der Waals surface area contributed by atoms with Crippen molar-refractivity contribution in [2.45, 2.75) is 0 Å². The fourth-order valence-corrected chi connectivity index (χ4v) is 3.04. The van der Waals surface area contributed by atoms with Crippen LogP contribution in [0, 0.1) is 0 Å². The molecule has 0 unspecified atom stereocenters. The number of hydrogen-bond donors (Lipinski definition) is 1. The molecule has 0 aliphatic carbocycles. The van der Waals surface area contributed by atoms with E-state index in [1.807, 2.05) is 18.2 Å². The smallest absolute Gasteiger partial charge is 0.132 e. The van der Waals surface area contributed by atoms with Gasteiger partial charge in [0.05, 0.1) is 0 Å². The second-order valence-corrected chi connectivity index (χ2v) is 6.10. The third kappa shape index (κ3) is 3.72. The summed E-state index contributed by atoms with van der Waals surface area (Å²) in [5.74, 6) is 1.41. The quantitative estimate of drug-likeness (QED) is 0.695. The molecule has 0 saturated heterocycles. The van der Waals surface area contributed by atoms with E-state index < -0.39 is 0 Å². The van der Waals surface area contributed by atoms with Gasteiger partial charge in [-0.1, -0.05) is 47.8 Å². The van der Waals surface area contributed by atoms with Crippen molar-refractivity contribution in [2.24, 2.45) is 0 Å². The number of aromatic hydroxyl groups is 1. The second-order valence-electron chi connectivity index (χ2n) is 3.35. The Labute approximate surface area is 124 Å². The second kappa shape index (κ2) is 5.42. The van der Waals surface area contributed by atoms with Crippen LogP contribution in [-0.4, -0.2) is 5.11 Å². The molecule has 0 bridgehead atoms. The summed E-state index contributed by atoms with van der Waals surface area (Å²) in [7, 11) is 0. The molecule has 0 spiro atoms. The molecular weight excluding hydrogens is 416 g/mol. The van der Waals surface area contributed by atoms with Crippen molar-refractivity contribution in [1.29, 1.82) is 0 Å². The first-order chi connectivity index (χ1) is 8.02. The summed E-state index contributed by atoms with van der Waals surface area (Å²) in [4.78, 5) is 0. The molecule has 0 aliphatic rings. The summed E-state index contributed by atoms with van der Waals surface area (Å²) < 4.78 is 8.25. The summed E-state index contributed by atoms with van der Waals surface area (Å²) in [5, 5.41) is 9.45. The predicted molar refractivity (Wildman–Crippen MR) is 77.7 cm³/mol. The maximum absolute atomic E-state index is 9.45. The summed E-state index contributed by atoms with van der Waals surface area (Å²) in [6, 6.07) is 10.6. The van der Waals surface area contributed by atoms with Crippen LogP contribution in [0.25, 0.3) is 0 Å². The van der Waals surface area contributed by atoms with E-state index in [1.54, 1.807) is 18.2 Å². The van der Waals surface area contributed by atoms with Crippen molar-refractivity contribution in [3.05, 3.63) is 49.8 Å². The van der Waals surface area contributed by atoms with E-state index in [1.165, 1.54) is 0 Å². The summed E-state index contributed by atoms with van der Waals surface area (Å²) in [6.45, 7) is 0. The number of halogens is 3. The molecule has 2 aromatic carbocycles. The zero-order valence-electron chi connectivity index (χ0n) is 8.45. The molecule has 0 radical (unpaired) electrons. The van der Waals surface area contributed by atoms with Crippen molar-refractivity contribution in [2.75, 3.05) is 0 Å². The van der Waals surface area contributed by atoms with Crippen LogP contribution < -0.4 is 4.74 Å². The van der Waals surface area contributed by atoms with E-state index in [0.29, 0.717) is 11.5 Å². The normalized spacial score (nSPS) is 10.3. The van der Waals surface area contributed by atoms with Gasteiger partial charge in [0.2, 0.25) is 0 Å². The number of benzene rings is 2. The van der Waals surface area contributed by atoms with Crippen molar-refractivity contribution < 1.29 is 9.84 Å². The molecule has 0 atom stereocenters. The van der Waals surface area contributed by atoms with Crippen LogP contribution >= 0.6 is 47.8 Å². The number of rotatable bonds is 2. The van der Waals surface area contributed by atoms with Gasteiger partial charge in [-0.05, 0) is 30.3 Å². The Morgan fingerprint density at radius 1 is 0.706 bits per heavy atom. The average molecular weight is 423 g/mol. The maximum Gasteiger partial charge on any atom is 0.132 e. The van der Waals surface area contributed by atoms with Gasteiger partial charge in [0, 0.05) is 19.5 Å². The Morgan fingerprint density at radius 3 is 1.71 bits per heavy atom. The van der Waals surface area contributed by atoms with Crippen molar-refractivity contribution in [1.82, 2.24) is 0 Å². The molecule has 0 fully saturated rings. The zero-order valence-corrected chi connectivity index (χ0v) is 13.2. The average Bonchev–Trinajstić information content (AvgIpc) is 2.13. The van der Waals surface area contributed by atoms with Crippen LogP contribution in [0.4, 0.5) is 0 Å². The molecule has 2 nitrogen and oxygen atoms in total. The number of hydrogen-bond acceptors (Lipinski definition) is 2. The monoisotopic (exact) mass is 420 g/mol. The first kappa shape index (κ1) is 12.9. The van der Waals surface area contributed by atoms with E-state index in [2.05, 4.69) is 47.8 Å².